The molecule has 0 heterocycles. The van der Waals surface area contributed by atoms with Crippen molar-refractivity contribution in [2.24, 2.45) is 0 Å². The Hall–Kier alpha value is -0.450. The standard InChI is InChI=1S/C13H19BrFNO/c1-10(2)17-7-3-6-16-9-11-8-12(14)4-5-13(11)15/h4-5,8,10,16H,3,6-7,9H2,1-2H3. The molecule has 4 heteroatoms. The van der Waals surface area contributed by atoms with Gasteiger partial charge in [0, 0.05) is 23.2 Å². The minimum atomic E-state index is -0.167. The summed E-state index contributed by atoms with van der Waals surface area (Å²) in [5.74, 6) is -0.167. The largest absolute Gasteiger partial charge is 0.379 e. The lowest BCUT2D eigenvalue weighted by Crippen LogP contribution is -2.18. The van der Waals surface area contributed by atoms with E-state index >= 15 is 0 Å². The Labute approximate surface area is 111 Å². The average molecular weight is 304 g/mol. The van der Waals surface area contributed by atoms with E-state index in [9.17, 15) is 4.39 Å². The van der Waals surface area contributed by atoms with Crippen molar-refractivity contribution in [3.63, 3.8) is 0 Å². The molecule has 0 amide bonds. The second-order valence-corrected chi connectivity index (χ2v) is 5.10. The first-order valence-electron chi connectivity index (χ1n) is 5.86. The van der Waals surface area contributed by atoms with Crippen LogP contribution < -0.4 is 5.32 Å². The number of rotatable bonds is 7. The maximum Gasteiger partial charge on any atom is 0.127 e. The fraction of sp³-hybridized carbons (Fsp3) is 0.538. The summed E-state index contributed by atoms with van der Waals surface area (Å²) in [6.07, 6.45) is 1.21. The molecule has 1 rings (SSSR count). The molecule has 0 radical (unpaired) electrons. The molecule has 0 aliphatic heterocycles. The Bertz CT molecular complexity index is 344. The van der Waals surface area contributed by atoms with Gasteiger partial charge < -0.3 is 10.1 Å². The van der Waals surface area contributed by atoms with Crippen LogP contribution in [0.3, 0.4) is 0 Å². The summed E-state index contributed by atoms with van der Waals surface area (Å²) in [6, 6.07) is 4.98. The number of benzene rings is 1. The minimum Gasteiger partial charge on any atom is -0.379 e. The molecule has 0 atom stereocenters. The van der Waals surface area contributed by atoms with Gasteiger partial charge in [0.25, 0.3) is 0 Å². The third-order valence-corrected chi connectivity index (χ3v) is 2.77. The molecular weight excluding hydrogens is 285 g/mol. The van der Waals surface area contributed by atoms with Gasteiger partial charge >= 0.3 is 0 Å². The molecule has 1 aromatic carbocycles. The molecule has 0 fully saturated rings. The zero-order valence-electron chi connectivity index (χ0n) is 10.3. The van der Waals surface area contributed by atoms with Crippen LogP contribution in [0.2, 0.25) is 0 Å². The summed E-state index contributed by atoms with van der Waals surface area (Å²) >= 11 is 3.33. The lowest BCUT2D eigenvalue weighted by Gasteiger charge is -2.09. The van der Waals surface area contributed by atoms with Crippen LogP contribution in [0, 0.1) is 5.82 Å². The second kappa shape index (κ2) is 7.80. The van der Waals surface area contributed by atoms with Crippen LogP contribution in [-0.2, 0) is 11.3 Å². The van der Waals surface area contributed by atoms with Crippen molar-refractivity contribution >= 4 is 15.9 Å². The zero-order chi connectivity index (χ0) is 12.7. The van der Waals surface area contributed by atoms with E-state index in [2.05, 4.69) is 21.2 Å². The lowest BCUT2D eigenvalue weighted by atomic mass is 10.2. The molecule has 0 bridgehead atoms. The number of nitrogens with one attached hydrogen (secondary N) is 1. The third kappa shape index (κ3) is 6.15. The molecule has 0 unspecified atom stereocenters. The molecule has 1 N–H and O–H groups in total. The van der Waals surface area contributed by atoms with Crippen LogP contribution in [0.4, 0.5) is 4.39 Å². The monoisotopic (exact) mass is 303 g/mol. The zero-order valence-corrected chi connectivity index (χ0v) is 11.9. The van der Waals surface area contributed by atoms with Crippen LogP contribution in [-0.4, -0.2) is 19.3 Å². The van der Waals surface area contributed by atoms with Gasteiger partial charge in [0.1, 0.15) is 5.82 Å². The highest BCUT2D eigenvalue weighted by Crippen LogP contribution is 2.15. The Balaban J connectivity index is 2.20. The number of hydrogen-bond donors (Lipinski definition) is 1. The van der Waals surface area contributed by atoms with Crippen molar-refractivity contribution in [3.05, 3.63) is 34.1 Å². The van der Waals surface area contributed by atoms with Gasteiger partial charge in [-0.3, -0.25) is 0 Å². The second-order valence-electron chi connectivity index (χ2n) is 4.19. The summed E-state index contributed by atoms with van der Waals surface area (Å²) in [5.41, 5.74) is 0.684. The van der Waals surface area contributed by atoms with E-state index in [0.29, 0.717) is 12.1 Å². The van der Waals surface area contributed by atoms with E-state index in [1.807, 2.05) is 13.8 Å². The Kier molecular flexibility index (Phi) is 6.70. The van der Waals surface area contributed by atoms with Gasteiger partial charge in [0.2, 0.25) is 0 Å². The predicted molar refractivity (Wildman–Crippen MR) is 71.5 cm³/mol. The van der Waals surface area contributed by atoms with Crippen LogP contribution in [0.15, 0.2) is 22.7 Å². The van der Waals surface area contributed by atoms with Gasteiger partial charge in [-0.2, -0.15) is 0 Å². The van der Waals surface area contributed by atoms with Crippen molar-refractivity contribution < 1.29 is 9.13 Å². The summed E-state index contributed by atoms with van der Waals surface area (Å²) in [4.78, 5) is 0. The van der Waals surface area contributed by atoms with Crippen LogP contribution >= 0.6 is 15.9 Å². The summed E-state index contributed by atoms with van der Waals surface area (Å²) in [5, 5.41) is 3.20. The Morgan fingerprint density at radius 3 is 2.88 bits per heavy atom. The Morgan fingerprint density at radius 1 is 1.41 bits per heavy atom. The van der Waals surface area contributed by atoms with E-state index in [1.165, 1.54) is 6.07 Å². The van der Waals surface area contributed by atoms with Gasteiger partial charge in [-0.05, 0) is 45.0 Å². The smallest absolute Gasteiger partial charge is 0.127 e. The van der Waals surface area contributed by atoms with Crippen LogP contribution in [0.1, 0.15) is 25.8 Å². The van der Waals surface area contributed by atoms with Crippen molar-refractivity contribution in [1.82, 2.24) is 5.32 Å². The molecule has 2 nitrogen and oxygen atoms in total. The van der Waals surface area contributed by atoms with Gasteiger partial charge in [0.15, 0.2) is 0 Å². The van der Waals surface area contributed by atoms with Crippen molar-refractivity contribution in [2.75, 3.05) is 13.2 Å². The van der Waals surface area contributed by atoms with Gasteiger partial charge in [-0.1, -0.05) is 15.9 Å². The molecule has 17 heavy (non-hydrogen) atoms. The maximum atomic E-state index is 13.4. The van der Waals surface area contributed by atoms with Gasteiger partial charge in [-0.25, -0.2) is 4.39 Å². The first kappa shape index (κ1) is 14.6. The summed E-state index contributed by atoms with van der Waals surface area (Å²) < 4.78 is 19.7. The highest BCUT2D eigenvalue weighted by atomic mass is 79.9. The average Bonchev–Trinajstić information content (AvgIpc) is 2.27. The van der Waals surface area contributed by atoms with Crippen molar-refractivity contribution in [2.45, 2.75) is 32.9 Å². The number of halogens is 2. The predicted octanol–water partition coefficient (Wildman–Crippen LogP) is 3.49. The van der Waals surface area contributed by atoms with Gasteiger partial charge in [-0.15, -0.1) is 0 Å². The molecule has 1 aromatic rings. The molecular formula is C13H19BrFNO. The maximum absolute atomic E-state index is 13.4. The quantitative estimate of drug-likeness (QED) is 0.779. The topological polar surface area (TPSA) is 21.3 Å². The molecule has 0 aliphatic carbocycles. The fourth-order valence-electron chi connectivity index (χ4n) is 1.42. The molecule has 0 aromatic heterocycles. The lowest BCUT2D eigenvalue weighted by molar-refractivity contribution is 0.0770. The molecule has 0 aliphatic rings. The van der Waals surface area contributed by atoms with E-state index in [4.69, 9.17) is 4.74 Å². The fourth-order valence-corrected chi connectivity index (χ4v) is 1.83. The summed E-state index contributed by atoms with van der Waals surface area (Å²) in [7, 11) is 0. The van der Waals surface area contributed by atoms with Crippen LogP contribution in [0.5, 0.6) is 0 Å². The number of hydrogen-bond acceptors (Lipinski definition) is 2. The van der Waals surface area contributed by atoms with E-state index in [0.717, 1.165) is 24.0 Å². The normalized spacial score (nSPS) is 11.1. The van der Waals surface area contributed by atoms with E-state index in [-0.39, 0.29) is 11.9 Å². The Morgan fingerprint density at radius 2 is 2.18 bits per heavy atom. The minimum absolute atomic E-state index is 0.167. The highest BCUT2D eigenvalue weighted by Gasteiger charge is 2.02. The first-order valence-corrected chi connectivity index (χ1v) is 6.65. The van der Waals surface area contributed by atoms with Crippen molar-refractivity contribution in [3.8, 4) is 0 Å². The summed E-state index contributed by atoms with van der Waals surface area (Å²) in [6.45, 7) is 6.16. The number of ether oxygens (including phenoxy) is 1. The molecule has 0 saturated carbocycles. The van der Waals surface area contributed by atoms with E-state index in [1.54, 1.807) is 12.1 Å². The van der Waals surface area contributed by atoms with Crippen LogP contribution in [0.25, 0.3) is 0 Å². The third-order valence-electron chi connectivity index (χ3n) is 2.27. The molecule has 0 spiro atoms. The van der Waals surface area contributed by atoms with Gasteiger partial charge in [0.05, 0.1) is 6.10 Å². The molecule has 96 valence electrons. The van der Waals surface area contributed by atoms with E-state index < -0.39 is 0 Å². The first-order chi connectivity index (χ1) is 8.09. The van der Waals surface area contributed by atoms with Crippen molar-refractivity contribution in [1.29, 1.82) is 0 Å². The SMILES string of the molecule is CC(C)OCCCNCc1cc(Br)ccc1F. The molecule has 0 saturated heterocycles. The highest BCUT2D eigenvalue weighted by molar-refractivity contribution is 9.10.